The number of hydrogen-bond donors (Lipinski definition) is 0. The molecule has 0 saturated carbocycles. The van der Waals surface area contributed by atoms with Gasteiger partial charge in [-0.15, -0.1) is 0 Å². The summed E-state index contributed by atoms with van der Waals surface area (Å²) in [5, 5.41) is 0. The van der Waals surface area contributed by atoms with E-state index in [1.807, 2.05) is 0 Å². The highest BCUT2D eigenvalue weighted by Crippen LogP contribution is 2.40. The molecule has 0 aromatic heterocycles. The fraction of sp³-hybridized carbons (Fsp3) is 0.562. The Morgan fingerprint density at radius 2 is 1.00 bits per heavy atom. The maximum absolute atomic E-state index is 6.60. The molecule has 0 saturated heterocycles. The third-order valence-electron chi connectivity index (χ3n) is 6.29. The van der Waals surface area contributed by atoms with E-state index in [0.29, 0.717) is 0 Å². The standard InChI is InChI=1S/C32H50OSi/c1-29(2,3)24-17-22(18-25(20-24)30(4,5)6)15-16-23-19-26(31(7,8)9)21-27(32(10,11)12)28(23)33-34(13)14/h15-21,34H,1-14H3. The van der Waals surface area contributed by atoms with Crippen molar-refractivity contribution in [2.45, 2.75) is 118 Å². The molecule has 0 heterocycles. The highest BCUT2D eigenvalue weighted by molar-refractivity contribution is 6.49. The molecule has 0 N–H and O–H groups in total. The Bertz CT molecular complexity index is 997. The second kappa shape index (κ2) is 9.68. The van der Waals surface area contributed by atoms with E-state index >= 15 is 0 Å². The molecule has 0 amide bonds. The lowest BCUT2D eigenvalue weighted by Crippen LogP contribution is -2.21. The van der Waals surface area contributed by atoms with Crippen molar-refractivity contribution >= 4 is 21.2 Å². The fourth-order valence-electron chi connectivity index (χ4n) is 3.93. The van der Waals surface area contributed by atoms with E-state index in [2.05, 4.69) is 139 Å². The summed E-state index contributed by atoms with van der Waals surface area (Å²) in [5.41, 5.74) is 8.15. The molecule has 0 aliphatic carbocycles. The second-order valence-electron chi connectivity index (χ2n) is 14.3. The van der Waals surface area contributed by atoms with E-state index in [1.165, 1.54) is 33.4 Å². The lowest BCUT2D eigenvalue weighted by atomic mass is 9.78. The Morgan fingerprint density at radius 3 is 1.38 bits per heavy atom. The van der Waals surface area contributed by atoms with Crippen LogP contribution in [0.25, 0.3) is 12.2 Å². The summed E-state index contributed by atoms with van der Waals surface area (Å²) in [4.78, 5) is 0. The van der Waals surface area contributed by atoms with Crippen LogP contribution in [-0.4, -0.2) is 9.04 Å². The van der Waals surface area contributed by atoms with Gasteiger partial charge in [0, 0.05) is 5.56 Å². The minimum Gasteiger partial charge on any atom is -0.546 e. The zero-order valence-electron chi connectivity index (χ0n) is 24.5. The molecule has 0 aliphatic rings. The fourth-order valence-corrected chi connectivity index (χ4v) is 4.67. The van der Waals surface area contributed by atoms with Gasteiger partial charge in [-0.05, 0) is 68.6 Å². The van der Waals surface area contributed by atoms with E-state index in [0.717, 1.165) is 5.75 Å². The Labute approximate surface area is 212 Å². The van der Waals surface area contributed by atoms with E-state index in [1.54, 1.807) is 0 Å². The molecule has 34 heavy (non-hydrogen) atoms. The van der Waals surface area contributed by atoms with Gasteiger partial charge in [0.1, 0.15) is 5.75 Å². The first-order chi connectivity index (χ1) is 15.2. The van der Waals surface area contributed by atoms with Gasteiger partial charge in [-0.25, -0.2) is 0 Å². The molecule has 0 bridgehead atoms. The van der Waals surface area contributed by atoms with Gasteiger partial charge in [0.2, 0.25) is 9.04 Å². The quantitative estimate of drug-likeness (QED) is 0.314. The highest BCUT2D eigenvalue weighted by Gasteiger charge is 2.26. The summed E-state index contributed by atoms with van der Waals surface area (Å²) < 4.78 is 6.60. The van der Waals surface area contributed by atoms with E-state index in [-0.39, 0.29) is 21.7 Å². The van der Waals surface area contributed by atoms with Crippen molar-refractivity contribution in [1.29, 1.82) is 0 Å². The van der Waals surface area contributed by atoms with Gasteiger partial charge < -0.3 is 4.43 Å². The van der Waals surface area contributed by atoms with E-state index in [9.17, 15) is 0 Å². The zero-order valence-corrected chi connectivity index (χ0v) is 25.7. The highest BCUT2D eigenvalue weighted by atomic mass is 28.3. The summed E-state index contributed by atoms with van der Waals surface area (Å²) in [6.07, 6.45) is 4.57. The first kappa shape index (κ1) is 28.4. The molecule has 1 nitrogen and oxygen atoms in total. The lowest BCUT2D eigenvalue weighted by Gasteiger charge is -2.30. The minimum absolute atomic E-state index is 0.00797. The Balaban J connectivity index is 2.78. The van der Waals surface area contributed by atoms with Crippen molar-refractivity contribution in [1.82, 2.24) is 0 Å². The Kier molecular flexibility index (Phi) is 8.10. The van der Waals surface area contributed by atoms with Gasteiger partial charge in [0.05, 0.1) is 0 Å². The van der Waals surface area contributed by atoms with Crippen molar-refractivity contribution in [3.05, 3.63) is 63.7 Å². The molecule has 0 unspecified atom stereocenters. The first-order valence-corrected chi connectivity index (χ1v) is 15.7. The van der Waals surface area contributed by atoms with Crippen LogP contribution < -0.4 is 4.43 Å². The Hall–Kier alpha value is -1.80. The average Bonchev–Trinajstić information content (AvgIpc) is 2.63. The SMILES string of the molecule is C[SiH](C)Oc1c(C=Cc2cc(C(C)(C)C)cc(C(C)(C)C)c2)cc(C(C)(C)C)cc1C(C)(C)C. The van der Waals surface area contributed by atoms with Gasteiger partial charge in [0.25, 0.3) is 0 Å². The molecular weight excluding hydrogens is 428 g/mol. The summed E-state index contributed by atoms with van der Waals surface area (Å²) in [5.74, 6) is 1.07. The van der Waals surface area contributed by atoms with Gasteiger partial charge in [0.15, 0.2) is 0 Å². The van der Waals surface area contributed by atoms with E-state index in [4.69, 9.17) is 4.43 Å². The van der Waals surface area contributed by atoms with Crippen LogP contribution in [0.15, 0.2) is 30.3 Å². The normalized spacial score (nSPS) is 13.7. The number of benzene rings is 2. The van der Waals surface area contributed by atoms with Crippen molar-refractivity contribution < 1.29 is 4.43 Å². The second-order valence-corrected chi connectivity index (χ2v) is 16.6. The van der Waals surface area contributed by atoms with Crippen LogP contribution in [-0.2, 0) is 21.7 Å². The monoisotopic (exact) mass is 478 g/mol. The third kappa shape index (κ3) is 7.35. The molecule has 0 aliphatic heterocycles. The van der Waals surface area contributed by atoms with Crippen molar-refractivity contribution in [3.8, 4) is 5.75 Å². The number of rotatable bonds is 4. The third-order valence-corrected chi connectivity index (χ3v) is 7.00. The topological polar surface area (TPSA) is 9.23 Å². The number of hydrogen-bond acceptors (Lipinski definition) is 1. The van der Waals surface area contributed by atoms with Crippen LogP contribution in [0.4, 0.5) is 0 Å². The van der Waals surface area contributed by atoms with Gasteiger partial charge in [-0.2, -0.15) is 0 Å². The molecule has 0 fully saturated rings. The van der Waals surface area contributed by atoms with Crippen molar-refractivity contribution in [2.75, 3.05) is 0 Å². The zero-order chi connectivity index (χ0) is 26.3. The van der Waals surface area contributed by atoms with Crippen LogP contribution in [0.1, 0.15) is 116 Å². The lowest BCUT2D eigenvalue weighted by molar-refractivity contribution is 0.513. The van der Waals surface area contributed by atoms with Crippen molar-refractivity contribution in [2.24, 2.45) is 0 Å². The van der Waals surface area contributed by atoms with Crippen LogP contribution >= 0.6 is 0 Å². The molecule has 188 valence electrons. The average molecular weight is 479 g/mol. The molecule has 0 atom stereocenters. The molecule has 2 heteroatoms. The molecule has 2 aromatic rings. The summed E-state index contributed by atoms with van der Waals surface area (Å²) in [6.45, 7) is 32.0. The molecule has 2 aromatic carbocycles. The maximum Gasteiger partial charge on any atom is 0.229 e. The van der Waals surface area contributed by atoms with Crippen molar-refractivity contribution in [3.63, 3.8) is 0 Å². The predicted octanol–water partition coefficient (Wildman–Crippen LogP) is 9.41. The smallest absolute Gasteiger partial charge is 0.229 e. The predicted molar refractivity (Wildman–Crippen MR) is 156 cm³/mol. The molecule has 0 radical (unpaired) electrons. The van der Waals surface area contributed by atoms with Crippen LogP contribution in [0.5, 0.6) is 5.75 Å². The molecule has 0 spiro atoms. The van der Waals surface area contributed by atoms with Crippen LogP contribution in [0.3, 0.4) is 0 Å². The first-order valence-electron chi connectivity index (χ1n) is 12.9. The van der Waals surface area contributed by atoms with Gasteiger partial charge in [-0.3, -0.25) is 0 Å². The minimum atomic E-state index is -1.28. The largest absolute Gasteiger partial charge is 0.546 e. The van der Waals surface area contributed by atoms with Crippen LogP contribution in [0.2, 0.25) is 13.1 Å². The van der Waals surface area contributed by atoms with Crippen LogP contribution in [0, 0.1) is 0 Å². The van der Waals surface area contributed by atoms with E-state index < -0.39 is 9.04 Å². The summed E-state index contributed by atoms with van der Waals surface area (Å²) >= 11 is 0. The molecular formula is C32H50OSi. The maximum atomic E-state index is 6.60. The Morgan fingerprint density at radius 1 is 0.559 bits per heavy atom. The van der Waals surface area contributed by atoms with Gasteiger partial charge >= 0.3 is 0 Å². The molecule has 2 rings (SSSR count). The summed E-state index contributed by atoms with van der Waals surface area (Å²) in [6, 6.07) is 11.8. The summed E-state index contributed by atoms with van der Waals surface area (Å²) in [7, 11) is -1.28. The van der Waals surface area contributed by atoms with Gasteiger partial charge in [-0.1, -0.05) is 120 Å².